The minimum Gasteiger partial charge on any atom is -0.435 e. The molecule has 150 valence electrons. The van der Waals surface area contributed by atoms with Crippen LogP contribution < -0.4 is 20.7 Å². The van der Waals surface area contributed by atoms with Crippen LogP contribution in [-0.2, 0) is 4.79 Å². The zero-order valence-electron chi connectivity index (χ0n) is 15.1. The maximum absolute atomic E-state index is 12.4. The third kappa shape index (κ3) is 5.98. The number of hydrogen-bond donors (Lipinski definition) is 3. The zero-order valence-corrected chi connectivity index (χ0v) is 15.9. The molecule has 0 aliphatic carbocycles. The van der Waals surface area contributed by atoms with Gasteiger partial charge in [-0.25, -0.2) is 4.98 Å². The summed E-state index contributed by atoms with van der Waals surface area (Å²) >= 11 is 1.22. The van der Waals surface area contributed by atoms with Crippen LogP contribution in [0.5, 0.6) is 5.75 Å². The zero-order chi connectivity index (χ0) is 20.8. The molecule has 0 radical (unpaired) electrons. The number of thiazole rings is 1. The fourth-order valence-corrected chi connectivity index (χ4v) is 3.06. The molecule has 1 aromatic heterocycles. The molecule has 7 nitrogen and oxygen atoms in total. The molecule has 0 unspecified atom stereocenters. The van der Waals surface area contributed by atoms with Crippen LogP contribution in [0.25, 0.3) is 0 Å². The second kappa shape index (κ2) is 9.11. The molecule has 10 heteroatoms. The number of benzene rings is 2. The van der Waals surface area contributed by atoms with Gasteiger partial charge in [-0.3, -0.25) is 9.59 Å². The highest BCUT2D eigenvalue weighted by Gasteiger charge is 2.12. The van der Waals surface area contributed by atoms with Crippen molar-refractivity contribution >= 4 is 45.3 Å². The topological polar surface area (TPSA) is 92.4 Å². The summed E-state index contributed by atoms with van der Waals surface area (Å²) in [5.41, 5.74) is 1.89. The largest absolute Gasteiger partial charge is 0.435 e. The van der Waals surface area contributed by atoms with Crippen LogP contribution in [0.4, 0.5) is 31.0 Å². The molecule has 0 saturated heterocycles. The van der Waals surface area contributed by atoms with Crippen molar-refractivity contribution in [1.29, 1.82) is 0 Å². The van der Waals surface area contributed by atoms with Crippen molar-refractivity contribution < 1.29 is 23.1 Å². The van der Waals surface area contributed by atoms with Crippen LogP contribution in [-0.4, -0.2) is 23.4 Å². The van der Waals surface area contributed by atoms with Gasteiger partial charge in [-0.1, -0.05) is 6.07 Å². The molecule has 0 aliphatic heterocycles. The number of anilines is 4. The molecule has 3 rings (SSSR count). The second-order valence-corrected chi connectivity index (χ2v) is 6.64. The lowest BCUT2D eigenvalue weighted by molar-refractivity contribution is -0.114. The van der Waals surface area contributed by atoms with Crippen molar-refractivity contribution in [2.75, 3.05) is 16.0 Å². The van der Waals surface area contributed by atoms with Crippen LogP contribution >= 0.6 is 11.3 Å². The van der Waals surface area contributed by atoms with Gasteiger partial charge in [0.25, 0.3) is 5.91 Å². The fourth-order valence-electron chi connectivity index (χ4n) is 2.35. The molecule has 0 spiro atoms. The summed E-state index contributed by atoms with van der Waals surface area (Å²) in [6.07, 6.45) is 0. The summed E-state index contributed by atoms with van der Waals surface area (Å²) in [7, 11) is 0. The van der Waals surface area contributed by atoms with Gasteiger partial charge in [-0.05, 0) is 42.5 Å². The first kappa shape index (κ1) is 20.2. The Morgan fingerprint density at radius 2 is 1.72 bits per heavy atom. The highest BCUT2D eigenvalue weighted by Crippen LogP contribution is 2.24. The van der Waals surface area contributed by atoms with E-state index in [-0.39, 0.29) is 17.4 Å². The summed E-state index contributed by atoms with van der Waals surface area (Å²) < 4.78 is 28.6. The third-order valence-corrected chi connectivity index (χ3v) is 4.27. The standard InChI is InChI=1S/C19H16F2N4O3S/c1-11(26)22-13-3-2-4-14(9-13)23-17(27)16-10-29-19(25-16)24-12-5-7-15(8-6-12)28-18(20)21/h2-10,18H,1H3,(H,22,26)(H,23,27)(H,24,25). The van der Waals surface area contributed by atoms with Gasteiger partial charge in [-0.2, -0.15) is 8.78 Å². The van der Waals surface area contributed by atoms with Crippen LogP contribution in [0, 0.1) is 0 Å². The molecule has 0 aliphatic rings. The van der Waals surface area contributed by atoms with E-state index in [4.69, 9.17) is 0 Å². The first-order valence-corrected chi connectivity index (χ1v) is 9.23. The van der Waals surface area contributed by atoms with Crippen LogP contribution in [0.3, 0.4) is 0 Å². The van der Waals surface area contributed by atoms with Gasteiger partial charge in [0, 0.05) is 29.4 Å². The predicted octanol–water partition coefficient (Wildman–Crippen LogP) is 4.70. The summed E-state index contributed by atoms with van der Waals surface area (Å²) in [6.45, 7) is -1.48. The van der Waals surface area contributed by atoms with E-state index >= 15 is 0 Å². The van der Waals surface area contributed by atoms with E-state index in [2.05, 4.69) is 25.7 Å². The molecule has 2 amide bonds. The summed E-state index contributed by atoms with van der Waals surface area (Å²) in [5, 5.41) is 10.4. The number of amides is 2. The van der Waals surface area contributed by atoms with Crippen LogP contribution in [0.1, 0.15) is 17.4 Å². The predicted molar refractivity (Wildman–Crippen MR) is 107 cm³/mol. The van der Waals surface area contributed by atoms with E-state index < -0.39 is 12.5 Å². The number of ether oxygens (including phenoxy) is 1. The van der Waals surface area contributed by atoms with Crippen LogP contribution in [0.2, 0.25) is 0 Å². The van der Waals surface area contributed by atoms with E-state index in [9.17, 15) is 18.4 Å². The smallest absolute Gasteiger partial charge is 0.387 e. The molecular weight excluding hydrogens is 402 g/mol. The molecule has 3 aromatic rings. The second-order valence-electron chi connectivity index (χ2n) is 5.78. The number of nitrogens with zero attached hydrogens (tertiary/aromatic N) is 1. The Labute approximate surface area is 168 Å². The summed E-state index contributed by atoms with van der Waals surface area (Å²) in [5.74, 6) is -0.571. The molecule has 29 heavy (non-hydrogen) atoms. The molecule has 0 bridgehead atoms. The van der Waals surface area contributed by atoms with Crippen molar-refractivity contribution in [2.24, 2.45) is 0 Å². The van der Waals surface area contributed by atoms with Crippen molar-refractivity contribution in [3.63, 3.8) is 0 Å². The number of rotatable bonds is 7. The van der Waals surface area contributed by atoms with Gasteiger partial charge in [0.15, 0.2) is 5.13 Å². The quantitative estimate of drug-likeness (QED) is 0.517. The Morgan fingerprint density at radius 3 is 2.38 bits per heavy atom. The third-order valence-electron chi connectivity index (χ3n) is 3.51. The van der Waals surface area contributed by atoms with Gasteiger partial charge in [0.2, 0.25) is 5.91 Å². The first-order valence-electron chi connectivity index (χ1n) is 8.35. The van der Waals surface area contributed by atoms with Gasteiger partial charge in [-0.15, -0.1) is 11.3 Å². The maximum Gasteiger partial charge on any atom is 0.387 e. The molecular formula is C19H16F2N4O3S. The van der Waals surface area contributed by atoms with E-state index in [1.54, 1.807) is 41.8 Å². The molecule has 3 N–H and O–H groups in total. The average Bonchev–Trinajstić information content (AvgIpc) is 3.11. The summed E-state index contributed by atoms with van der Waals surface area (Å²) in [6, 6.07) is 12.7. The molecule has 1 heterocycles. The Kier molecular flexibility index (Phi) is 6.35. The maximum atomic E-state index is 12.4. The highest BCUT2D eigenvalue weighted by molar-refractivity contribution is 7.14. The minimum atomic E-state index is -2.88. The molecule has 2 aromatic carbocycles. The van der Waals surface area contributed by atoms with Gasteiger partial charge >= 0.3 is 6.61 Å². The van der Waals surface area contributed by atoms with Crippen LogP contribution in [0.15, 0.2) is 53.9 Å². The number of hydrogen-bond acceptors (Lipinski definition) is 6. The van der Waals surface area contributed by atoms with E-state index in [0.717, 1.165) is 0 Å². The first-order chi connectivity index (χ1) is 13.9. The lowest BCUT2D eigenvalue weighted by Gasteiger charge is -2.07. The molecule has 0 fully saturated rings. The number of alkyl halides is 2. The normalized spacial score (nSPS) is 10.5. The van der Waals surface area contributed by atoms with E-state index in [1.165, 1.54) is 30.4 Å². The number of halogens is 2. The Bertz CT molecular complexity index is 1010. The van der Waals surface area contributed by atoms with Gasteiger partial charge in [0.1, 0.15) is 11.4 Å². The van der Waals surface area contributed by atoms with E-state index in [0.29, 0.717) is 22.2 Å². The lowest BCUT2D eigenvalue weighted by Crippen LogP contribution is -2.13. The van der Waals surface area contributed by atoms with Crippen molar-refractivity contribution in [1.82, 2.24) is 4.98 Å². The highest BCUT2D eigenvalue weighted by atomic mass is 32.1. The molecule has 0 atom stereocenters. The molecule has 0 saturated carbocycles. The average molecular weight is 418 g/mol. The number of nitrogens with one attached hydrogen (secondary N) is 3. The van der Waals surface area contributed by atoms with Crippen molar-refractivity contribution in [2.45, 2.75) is 13.5 Å². The van der Waals surface area contributed by atoms with Gasteiger partial charge < -0.3 is 20.7 Å². The Balaban J connectivity index is 1.62. The lowest BCUT2D eigenvalue weighted by atomic mass is 10.2. The number of aromatic nitrogens is 1. The van der Waals surface area contributed by atoms with E-state index in [1.807, 2.05) is 0 Å². The minimum absolute atomic E-state index is 0.0475. The monoisotopic (exact) mass is 418 g/mol. The Hall–Kier alpha value is -3.53. The number of carbonyl (C=O) groups is 2. The summed E-state index contributed by atoms with van der Waals surface area (Å²) in [4.78, 5) is 27.7. The Morgan fingerprint density at radius 1 is 1.03 bits per heavy atom. The van der Waals surface area contributed by atoms with Gasteiger partial charge in [0.05, 0.1) is 0 Å². The van der Waals surface area contributed by atoms with Crippen molar-refractivity contribution in [3.8, 4) is 5.75 Å². The number of carbonyl (C=O) groups excluding carboxylic acids is 2. The fraction of sp³-hybridized carbons (Fsp3) is 0.105. The van der Waals surface area contributed by atoms with Crippen molar-refractivity contribution in [3.05, 3.63) is 59.6 Å². The SMILES string of the molecule is CC(=O)Nc1cccc(NC(=O)c2csc(Nc3ccc(OC(F)F)cc3)n2)c1.